The largest absolute Gasteiger partial charge is 0.489 e. The molecule has 158 valence electrons. The van der Waals surface area contributed by atoms with Gasteiger partial charge in [-0.05, 0) is 36.1 Å². The number of benzene rings is 1. The minimum Gasteiger partial charge on any atom is -0.489 e. The van der Waals surface area contributed by atoms with Crippen molar-refractivity contribution in [1.29, 1.82) is 0 Å². The monoisotopic (exact) mass is 417 g/mol. The van der Waals surface area contributed by atoms with Gasteiger partial charge in [0.05, 0.1) is 0 Å². The molecule has 0 aliphatic heterocycles. The number of nitrogens with zero attached hydrogens (tertiary/aromatic N) is 1. The van der Waals surface area contributed by atoms with Crippen molar-refractivity contribution in [2.75, 3.05) is 5.32 Å². The first-order valence-corrected chi connectivity index (χ1v) is 10.0. The molecule has 7 nitrogen and oxygen atoms in total. The summed E-state index contributed by atoms with van der Waals surface area (Å²) in [6, 6.07) is 12.0. The Labute approximate surface area is 179 Å². The molecule has 0 unspecified atom stereocenters. The van der Waals surface area contributed by atoms with Gasteiger partial charge in [-0.15, -0.1) is 0 Å². The molecule has 0 fully saturated rings. The normalized spacial score (nSPS) is 14.6. The van der Waals surface area contributed by atoms with Crippen LogP contribution in [0.25, 0.3) is 0 Å². The fraction of sp³-hybridized carbons (Fsp3) is 0.250. The summed E-state index contributed by atoms with van der Waals surface area (Å²) in [4.78, 5) is 44.5. The highest BCUT2D eigenvalue weighted by atomic mass is 16.5. The first-order valence-electron chi connectivity index (χ1n) is 10.0. The number of nitrogens with one attached hydrogen (secondary N) is 2. The van der Waals surface area contributed by atoms with Crippen molar-refractivity contribution in [1.82, 2.24) is 9.97 Å². The van der Waals surface area contributed by atoms with Crippen molar-refractivity contribution in [3.05, 3.63) is 87.6 Å². The maximum atomic E-state index is 12.8. The van der Waals surface area contributed by atoms with Gasteiger partial charge in [-0.2, -0.15) is 0 Å². The van der Waals surface area contributed by atoms with Crippen molar-refractivity contribution >= 4 is 17.4 Å². The van der Waals surface area contributed by atoms with Crippen molar-refractivity contribution in [3.8, 4) is 5.75 Å². The predicted molar refractivity (Wildman–Crippen MR) is 116 cm³/mol. The number of anilines is 1. The van der Waals surface area contributed by atoms with Gasteiger partial charge in [0.15, 0.2) is 5.78 Å². The predicted octanol–water partition coefficient (Wildman–Crippen LogP) is 3.76. The van der Waals surface area contributed by atoms with E-state index in [2.05, 4.69) is 15.3 Å². The van der Waals surface area contributed by atoms with Gasteiger partial charge < -0.3 is 15.0 Å². The third-order valence-corrected chi connectivity index (χ3v) is 5.18. The number of H-pyrrole nitrogens is 1. The van der Waals surface area contributed by atoms with Crippen LogP contribution in [0.2, 0.25) is 0 Å². The summed E-state index contributed by atoms with van der Waals surface area (Å²) in [5.74, 6) is -0.0770. The van der Waals surface area contributed by atoms with E-state index in [4.69, 9.17) is 4.74 Å². The van der Waals surface area contributed by atoms with Gasteiger partial charge in [-0.1, -0.05) is 26.0 Å². The highest BCUT2D eigenvalue weighted by Crippen LogP contribution is 2.33. The Morgan fingerprint density at radius 2 is 2.00 bits per heavy atom. The summed E-state index contributed by atoms with van der Waals surface area (Å²) in [5.41, 5.74) is 1.60. The lowest BCUT2D eigenvalue weighted by molar-refractivity contribution is 0.0910. The summed E-state index contributed by atoms with van der Waals surface area (Å²) < 4.78 is 5.75. The summed E-state index contributed by atoms with van der Waals surface area (Å²) in [6.07, 6.45) is 4.37. The van der Waals surface area contributed by atoms with E-state index in [1.165, 1.54) is 6.07 Å². The lowest BCUT2D eigenvalue weighted by atomic mass is 9.75. The number of hydrogen-bond acceptors (Lipinski definition) is 5. The average Bonchev–Trinajstić information content (AvgIpc) is 2.72. The van der Waals surface area contributed by atoms with Crippen LogP contribution >= 0.6 is 0 Å². The van der Waals surface area contributed by atoms with E-state index in [-0.39, 0.29) is 16.8 Å². The molecule has 1 amide bonds. The Morgan fingerprint density at radius 3 is 2.77 bits per heavy atom. The summed E-state index contributed by atoms with van der Waals surface area (Å²) in [6.45, 7) is 4.31. The first kappa shape index (κ1) is 20.5. The molecule has 0 saturated heterocycles. The van der Waals surface area contributed by atoms with E-state index in [1.807, 2.05) is 26.0 Å². The van der Waals surface area contributed by atoms with Crippen molar-refractivity contribution in [3.63, 3.8) is 0 Å². The third kappa shape index (κ3) is 4.71. The van der Waals surface area contributed by atoms with Crippen molar-refractivity contribution in [2.24, 2.45) is 5.41 Å². The molecule has 1 aromatic carbocycles. The number of fused-ring (bicyclic) bond motifs is 1. The second-order valence-electron chi connectivity index (χ2n) is 8.48. The molecule has 0 radical (unpaired) electrons. The van der Waals surface area contributed by atoms with E-state index in [0.29, 0.717) is 42.1 Å². The van der Waals surface area contributed by atoms with Crippen molar-refractivity contribution in [2.45, 2.75) is 33.3 Å². The summed E-state index contributed by atoms with van der Waals surface area (Å²) in [5, 5.41) is 2.71. The molecule has 3 aromatic rings. The standard InChI is InChI=1S/C24H23N3O4/c1-24(2)11-20-18(21(28)12-24)10-19(23(30)27-20)22(29)26-16-6-3-7-17(9-16)31-14-15-5-4-8-25-13-15/h3-10,13H,11-12,14H2,1-2H3,(H,26,29)(H,27,30). The quantitative estimate of drug-likeness (QED) is 0.658. The molecule has 1 aliphatic rings. The molecule has 2 aromatic heterocycles. The Kier molecular flexibility index (Phi) is 5.42. The van der Waals surface area contributed by atoms with E-state index in [9.17, 15) is 14.4 Å². The van der Waals surface area contributed by atoms with E-state index < -0.39 is 11.5 Å². The minimum absolute atomic E-state index is 0.0673. The van der Waals surface area contributed by atoms with E-state index in [1.54, 1.807) is 36.7 Å². The van der Waals surface area contributed by atoms with E-state index >= 15 is 0 Å². The number of carbonyl (C=O) groups is 2. The molecule has 0 bridgehead atoms. The van der Waals surface area contributed by atoms with Crippen LogP contribution < -0.4 is 15.6 Å². The molecule has 31 heavy (non-hydrogen) atoms. The molecule has 0 saturated carbocycles. The zero-order valence-electron chi connectivity index (χ0n) is 17.4. The fourth-order valence-corrected chi connectivity index (χ4v) is 3.71. The van der Waals surface area contributed by atoms with Crippen molar-refractivity contribution < 1.29 is 14.3 Å². The maximum Gasteiger partial charge on any atom is 0.261 e. The minimum atomic E-state index is -0.578. The maximum absolute atomic E-state index is 12.8. The van der Waals surface area contributed by atoms with Gasteiger partial charge in [0.25, 0.3) is 11.5 Å². The summed E-state index contributed by atoms with van der Waals surface area (Å²) in [7, 11) is 0. The second kappa shape index (κ2) is 8.18. The topological polar surface area (TPSA) is 101 Å². The van der Waals surface area contributed by atoms with Crippen LogP contribution in [0.1, 0.15) is 52.2 Å². The Bertz CT molecular complexity index is 1200. The number of aromatic nitrogens is 2. The number of hydrogen-bond donors (Lipinski definition) is 2. The van der Waals surface area contributed by atoms with Crippen LogP contribution in [-0.2, 0) is 13.0 Å². The smallest absolute Gasteiger partial charge is 0.261 e. The number of Topliss-reactive ketones (excluding diaryl/α,β-unsaturated/α-hetero) is 1. The molecular formula is C24H23N3O4. The van der Waals surface area contributed by atoms with Gasteiger partial charge in [0, 0.05) is 47.4 Å². The Morgan fingerprint density at radius 1 is 1.16 bits per heavy atom. The number of carbonyl (C=O) groups excluding carboxylic acids is 2. The SMILES string of the molecule is CC1(C)CC(=O)c2cc(C(=O)Nc3cccc(OCc4cccnc4)c3)c(=O)[nH]c2C1. The van der Waals surface area contributed by atoms with E-state index in [0.717, 1.165) is 5.56 Å². The van der Waals surface area contributed by atoms with Crippen LogP contribution in [-0.4, -0.2) is 21.7 Å². The van der Waals surface area contributed by atoms with Crippen LogP contribution in [0.5, 0.6) is 5.75 Å². The highest BCUT2D eigenvalue weighted by Gasteiger charge is 2.32. The average molecular weight is 417 g/mol. The lowest BCUT2D eigenvalue weighted by Gasteiger charge is -2.29. The molecule has 4 rings (SSSR count). The Hall–Kier alpha value is -3.74. The van der Waals surface area contributed by atoms with Crippen LogP contribution in [0.3, 0.4) is 0 Å². The Balaban J connectivity index is 1.51. The number of ether oxygens (including phenoxy) is 1. The number of pyridine rings is 2. The van der Waals surface area contributed by atoms with Gasteiger partial charge >= 0.3 is 0 Å². The van der Waals surface area contributed by atoms with Crippen LogP contribution in [0.15, 0.2) is 59.7 Å². The molecule has 0 spiro atoms. The molecule has 1 aliphatic carbocycles. The second-order valence-corrected chi connectivity index (χ2v) is 8.48. The number of ketones is 1. The lowest BCUT2D eigenvalue weighted by Crippen LogP contribution is -2.32. The van der Waals surface area contributed by atoms with Crippen LogP contribution in [0.4, 0.5) is 5.69 Å². The fourth-order valence-electron chi connectivity index (χ4n) is 3.71. The van der Waals surface area contributed by atoms with Gasteiger partial charge in [0.2, 0.25) is 0 Å². The molecule has 0 atom stereocenters. The molecular weight excluding hydrogens is 394 g/mol. The summed E-state index contributed by atoms with van der Waals surface area (Å²) >= 11 is 0. The van der Waals surface area contributed by atoms with Gasteiger partial charge in [-0.25, -0.2) is 0 Å². The first-order chi connectivity index (χ1) is 14.8. The zero-order valence-corrected chi connectivity index (χ0v) is 17.4. The number of rotatable bonds is 5. The van der Waals surface area contributed by atoms with Crippen LogP contribution in [0, 0.1) is 5.41 Å². The highest BCUT2D eigenvalue weighted by molar-refractivity contribution is 6.06. The molecule has 7 heteroatoms. The molecule has 2 heterocycles. The third-order valence-electron chi connectivity index (χ3n) is 5.18. The van der Waals surface area contributed by atoms with Gasteiger partial charge in [0.1, 0.15) is 17.9 Å². The number of amides is 1. The van der Waals surface area contributed by atoms with Gasteiger partial charge in [-0.3, -0.25) is 19.4 Å². The number of aromatic amines is 1. The zero-order chi connectivity index (χ0) is 22.0. The molecule has 2 N–H and O–H groups in total.